The van der Waals surface area contributed by atoms with Gasteiger partial charge in [-0.25, -0.2) is 0 Å². The smallest absolute Gasteiger partial charge is 0.272 e. The van der Waals surface area contributed by atoms with Crippen molar-refractivity contribution in [2.24, 2.45) is 5.92 Å². The van der Waals surface area contributed by atoms with Crippen molar-refractivity contribution >= 4 is 21.6 Å². The Morgan fingerprint density at radius 3 is 2.95 bits per heavy atom. The number of nitro benzene ring substituents is 1. The van der Waals surface area contributed by atoms with E-state index >= 15 is 0 Å². The van der Waals surface area contributed by atoms with Gasteiger partial charge in [-0.15, -0.1) is 0 Å². The number of ether oxygens (including phenoxy) is 1. The molecule has 0 spiro atoms. The Bertz CT molecular complexity index is 452. The van der Waals surface area contributed by atoms with Gasteiger partial charge in [-0.2, -0.15) is 0 Å². The fourth-order valence-corrected chi connectivity index (χ4v) is 3.68. The Morgan fingerprint density at radius 1 is 1.53 bits per heavy atom. The van der Waals surface area contributed by atoms with Crippen LogP contribution in [0, 0.1) is 16.0 Å². The number of para-hydroxylation sites is 1. The van der Waals surface area contributed by atoms with Crippen LogP contribution in [-0.4, -0.2) is 22.5 Å². The minimum atomic E-state index is -0.308. The van der Waals surface area contributed by atoms with E-state index in [2.05, 4.69) is 22.9 Å². The second-order valence-electron chi connectivity index (χ2n) is 4.88. The molecule has 5 heteroatoms. The Morgan fingerprint density at radius 2 is 2.26 bits per heavy atom. The van der Waals surface area contributed by atoms with E-state index in [4.69, 9.17) is 4.74 Å². The van der Waals surface area contributed by atoms with E-state index in [-0.39, 0.29) is 21.5 Å². The first-order valence-electron chi connectivity index (χ1n) is 6.61. The van der Waals surface area contributed by atoms with Crippen molar-refractivity contribution in [2.45, 2.75) is 37.1 Å². The summed E-state index contributed by atoms with van der Waals surface area (Å²) in [6.07, 6.45) is 2.95. The first kappa shape index (κ1) is 14.5. The van der Waals surface area contributed by atoms with Crippen molar-refractivity contribution < 1.29 is 9.66 Å². The second kappa shape index (κ2) is 6.48. The minimum absolute atomic E-state index is 0.207. The Balaban J connectivity index is 2.10. The van der Waals surface area contributed by atoms with Gasteiger partial charge in [0.25, 0.3) is 5.69 Å². The molecular weight excluding hydrogens is 310 g/mol. The van der Waals surface area contributed by atoms with E-state index in [0.29, 0.717) is 12.3 Å². The van der Waals surface area contributed by atoms with Crippen LogP contribution in [0.1, 0.15) is 25.3 Å². The summed E-state index contributed by atoms with van der Waals surface area (Å²) in [6.45, 7) is 2.91. The zero-order valence-electron chi connectivity index (χ0n) is 10.9. The van der Waals surface area contributed by atoms with Crippen LogP contribution in [0.5, 0.6) is 0 Å². The molecule has 1 saturated heterocycles. The lowest BCUT2D eigenvalue weighted by molar-refractivity contribution is -0.385. The number of benzene rings is 1. The van der Waals surface area contributed by atoms with Crippen LogP contribution in [-0.2, 0) is 11.2 Å². The maximum absolute atomic E-state index is 11.0. The largest absolute Gasteiger partial charge is 0.378 e. The molecule has 3 unspecified atom stereocenters. The highest BCUT2D eigenvalue weighted by atomic mass is 79.9. The van der Waals surface area contributed by atoms with E-state index in [9.17, 15) is 10.1 Å². The SMILES string of the molecule is CCC1OCCC1C(Br)Cc1ccccc1[N+](=O)[O-]. The van der Waals surface area contributed by atoms with Gasteiger partial charge >= 0.3 is 0 Å². The van der Waals surface area contributed by atoms with Gasteiger partial charge in [-0.1, -0.05) is 41.1 Å². The number of rotatable bonds is 5. The fraction of sp³-hybridized carbons (Fsp3) is 0.571. The molecule has 0 saturated carbocycles. The van der Waals surface area contributed by atoms with E-state index in [0.717, 1.165) is 25.0 Å². The summed E-state index contributed by atoms with van der Waals surface area (Å²) >= 11 is 3.70. The van der Waals surface area contributed by atoms with E-state index < -0.39 is 0 Å². The summed E-state index contributed by atoms with van der Waals surface area (Å²) in [6, 6.07) is 6.96. The van der Waals surface area contributed by atoms with Gasteiger partial charge in [0.2, 0.25) is 0 Å². The zero-order valence-corrected chi connectivity index (χ0v) is 12.5. The summed E-state index contributed by atoms with van der Waals surface area (Å²) < 4.78 is 5.69. The molecule has 2 rings (SSSR count). The van der Waals surface area contributed by atoms with Crippen molar-refractivity contribution in [1.82, 2.24) is 0 Å². The maximum atomic E-state index is 11.0. The fourth-order valence-electron chi connectivity index (χ4n) is 2.72. The molecule has 19 heavy (non-hydrogen) atoms. The second-order valence-corrected chi connectivity index (χ2v) is 6.05. The first-order valence-corrected chi connectivity index (χ1v) is 7.53. The molecule has 0 N–H and O–H groups in total. The first-order chi connectivity index (χ1) is 9.13. The van der Waals surface area contributed by atoms with Crippen LogP contribution in [0.3, 0.4) is 0 Å². The highest BCUT2D eigenvalue weighted by Gasteiger charge is 2.33. The molecule has 1 fully saturated rings. The third kappa shape index (κ3) is 3.34. The van der Waals surface area contributed by atoms with Crippen LogP contribution >= 0.6 is 15.9 Å². The van der Waals surface area contributed by atoms with Crippen LogP contribution in [0.4, 0.5) is 5.69 Å². The average Bonchev–Trinajstić information content (AvgIpc) is 2.87. The molecule has 0 aromatic heterocycles. The number of nitrogens with zero attached hydrogens (tertiary/aromatic N) is 1. The van der Waals surface area contributed by atoms with E-state index in [1.807, 2.05) is 12.1 Å². The van der Waals surface area contributed by atoms with Gasteiger partial charge in [-0.05, 0) is 19.3 Å². The van der Waals surface area contributed by atoms with Crippen molar-refractivity contribution in [1.29, 1.82) is 0 Å². The number of hydrogen-bond donors (Lipinski definition) is 0. The highest BCUT2D eigenvalue weighted by molar-refractivity contribution is 9.09. The van der Waals surface area contributed by atoms with E-state index in [1.165, 1.54) is 0 Å². The highest BCUT2D eigenvalue weighted by Crippen LogP contribution is 2.33. The molecule has 0 bridgehead atoms. The lowest BCUT2D eigenvalue weighted by Gasteiger charge is -2.22. The predicted molar refractivity (Wildman–Crippen MR) is 77.7 cm³/mol. The molecule has 1 aromatic rings. The van der Waals surface area contributed by atoms with Gasteiger partial charge in [0.05, 0.1) is 11.0 Å². The van der Waals surface area contributed by atoms with Gasteiger partial charge in [0.1, 0.15) is 0 Å². The van der Waals surface area contributed by atoms with Crippen LogP contribution in [0.25, 0.3) is 0 Å². The van der Waals surface area contributed by atoms with Crippen molar-refractivity contribution in [3.63, 3.8) is 0 Å². The molecule has 0 amide bonds. The molecule has 4 nitrogen and oxygen atoms in total. The number of halogens is 1. The van der Waals surface area contributed by atoms with Gasteiger partial charge in [0, 0.05) is 29.0 Å². The number of nitro groups is 1. The lowest BCUT2D eigenvalue weighted by atomic mass is 9.92. The molecule has 1 heterocycles. The molecule has 0 aliphatic carbocycles. The average molecular weight is 328 g/mol. The summed E-state index contributed by atoms with van der Waals surface area (Å²) in [5.41, 5.74) is 0.995. The van der Waals surface area contributed by atoms with Gasteiger partial charge < -0.3 is 4.74 Å². The van der Waals surface area contributed by atoms with Crippen LogP contribution in [0.2, 0.25) is 0 Å². The normalized spacial score (nSPS) is 24.3. The van der Waals surface area contributed by atoms with Gasteiger partial charge in [-0.3, -0.25) is 10.1 Å². The lowest BCUT2D eigenvalue weighted by Crippen LogP contribution is -2.25. The summed E-state index contributed by atoms with van der Waals surface area (Å²) in [4.78, 5) is 10.9. The molecule has 1 aliphatic rings. The topological polar surface area (TPSA) is 52.4 Å². The predicted octanol–water partition coefficient (Wildman–Crippen LogP) is 3.72. The Hall–Kier alpha value is -0.940. The van der Waals surface area contributed by atoms with Crippen LogP contribution < -0.4 is 0 Å². The Labute approximate surface area is 121 Å². The maximum Gasteiger partial charge on any atom is 0.272 e. The number of alkyl halides is 1. The van der Waals surface area contributed by atoms with Crippen LogP contribution in [0.15, 0.2) is 24.3 Å². The minimum Gasteiger partial charge on any atom is -0.378 e. The molecular formula is C14H18BrNO3. The third-order valence-corrected chi connectivity index (χ3v) is 4.73. The summed E-state index contributed by atoms with van der Waals surface area (Å²) in [5.74, 6) is 0.435. The standard InChI is InChI=1S/C14H18BrNO3/c1-2-14-11(7-8-19-14)12(15)9-10-5-3-4-6-13(10)16(17)18/h3-6,11-12,14H,2,7-9H2,1H3. The summed E-state index contributed by atoms with van der Waals surface area (Å²) in [7, 11) is 0. The van der Waals surface area contributed by atoms with Gasteiger partial charge in [0.15, 0.2) is 0 Å². The van der Waals surface area contributed by atoms with Crippen molar-refractivity contribution in [3.05, 3.63) is 39.9 Å². The van der Waals surface area contributed by atoms with Crippen molar-refractivity contribution in [3.8, 4) is 0 Å². The quantitative estimate of drug-likeness (QED) is 0.470. The van der Waals surface area contributed by atoms with Crippen molar-refractivity contribution in [2.75, 3.05) is 6.61 Å². The zero-order chi connectivity index (χ0) is 13.8. The third-order valence-electron chi connectivity index (χ3n) is 3.73. The molecule has 3 atom stereocenters. The molecule has 1 aromatic carbocycles. The Kier molecular flexibility index (Phi) is 4.93. The summed E-state index contributed by atoms with van der Waals surface area (Å²) in [5, 5.41) is 11.0. The monoisotopic (exact) mass is 327 g/mol. The number of hydrogen-bond acceptors (Lipinski definition) is 3. The molecule has 1 aliphatic heterocycles. The molecule has 0 radical (unpaired) electrons. The molecule has 104 valence electrons. The van der Waals surface area contributed by atoms with E-state index in [1.54, 1.807) is 12.1 Å².